The lowest BCUT2D eigenvalue weighted by molar-refractivity contribution is -0.0912. The van der Waals surface area contributed by atoms with Crippen LogP contribution in [-0.4, -0.2) is 82.5 Å². The highest BCUT2D eigenvalue weighted by atomic mass is 31.2. The molecule has 15 heteroatoms. The molecule has 0 spiro atoms. The molecule has 57 heavy (non-hydrogen) atoms. The summed E-state index contributed by atoms with van der Waals surface area (Å²) in [6.45, 7) is 11.2. The van der Waals surface area contributed by atoms with Crippen LogP contribution in [0.25, 0.3) is 11.2 Å². The number of rotatable bonds is 19. The van der Waals surface area contributed by atoms with Gasteiger partial charge in [-0.15, -0.1) is 0 Å². The molecule has 5 aromatic rings. The topological polar surface area (TPSA) is 158 Å². The van der Waals surface area contributed by atoms with Crippen molar-refractivity contribution < 1.29 is 28.0 Å². The van der Waals surface area contributed by atoms with Crippen molar-refractivity contribution in [2.45, 2.75) is 83.6 Å². The van der Waals surface area contributed by atoms with Crippen LogP contribution in [0.5, 0.6) is 11.5 Å². The molecule has 302 valence electrons. The average molecular weight is 798 g/mol. The maximum atomic E-state index is 13.0. The molecule has 2 N–H and O–H groups in total. The van der Waals surface area contributed by atoms with Gasteiger partial charge in [-0.3, -0.25) is 14.3 Å². The predicted octanol–water partition coefficient (Wildman–Crippen LogP) is 7.53. The molecule has 1 fully saturated rings. The first kappa shape index (κ1) is 41.8. The van der Waals surface area contributed by atoms with Gasteiger partial charge in [-0.25, -0.2) is 9.65 Å². The second-order valence-electron chi connectivity index (χ2n) is 14.1. The van der Waals surface area contributed by atoms with Gasteiger partial charge in [-0.2, -0.15) is 10.2 Å². The van der Waals surface area contributed by atoms with Crippen LogP contribution < -0.4 is 20.3 Å². The Balaban J connectivity index is 1.45. The Labute approximate surface area is 335 Å². The van der Waals surface area contributed by atoms with Crippen LogP contribution in [0.15, 0.2) is 90.0 Å². The number of aromatic nitrogens is 4. The van der Waals surface area contributed by atoms with Gasteiger partial charge >= 0.3 is 0 Å². The molecule has 0 amide bonds. The van der Waals surface area contributed by atoms with E-state index in [1.54, 1.807) is 25.1 Å². The van der Waals surface area contributed by atoms with Crippen molar-refractivity contribution in [3.05, 3.63) is 112 Å². The fourth-order valence-corrected chi connectivity index (χ4v) is 8.97. The minimum absolute atomic E-state index is 0.0832. The molecular weight excluding hydrogens is 745 g/mol. The number of nitrogens with zero attached hydrogens (tertiary/aromatic N) is 5. The average Bonchev–Trinajstić information content (AvgIpc) is 3.83. The molecule has 4 atom stereocenters. The van der Waals surface area contributed by atoms with E-state index in [0.29, 0.717) is 36.1 Å². The number of nitriles is 1. The summed E-state index contributed by atoms with van der Waals surface area (Å²) in [6.07, 6.45) is 0.383. The number of imidazole rings is 1. The molecule has 3 heterocycles. The first-order chi connectivity index (χ1) is 27.6. The van der Waals surface area contributed by atoms with E-state index in [0.717, 1.165) is 16.7 Å². The largest absolute Gasteiger partial charge is 0.497 e. The Morgan fingerprint density at radius 1 is 0.982 bits per heavy atom. The van der Waals surface area contributed by atoms with E-state index < -0.39 is 32.6 Å². The lowest BCUT2D eigenvalue weighted by Gasteiger charge is -2.39. The summed E-state index contributed by atoms with van der Waals surface area (Å²) >= 11 is 0. The molecule has 14 nitrogen and oxygen atoms in total. The highest BCUT2D eigenvalue weighted by Crippen LogP contribution is 2.51. The summed E-state index contributed by atoms with van der Waals surface area (Å²) in [6, 6.07) is 28.1. The SMILES string of the molecule is CCNc1nc2c(ncn2[C@H]2C[C@H](OP(OCCC#N)N(C(C)C)C(C)C)[C@@H](COC(c3ccccc3)(c3ccc(OC)cc3)c3ccc(OC)cc3)O2)c(=O)[nH]1. The molecule has 1 saturated heterocycles. The highest BCUT2D eigenvalue weighted by Gasteiger charge is 2.45. The Bertz CT molecular complexity index is 2080. The van der Waals surface area contributed by atoms with Gasteiger partial charge in [0.1, 0.15) is 29.4 Å². The number of aromatic amines is 1. The minimum atomic E-state index is -1.65. The van der Waals surface area contributed by atoms with Gasteiger partial charge in [-0.05, 0) is 75.6 Å². The Kier molecular flexibility index (Phi) is 14.0. The molecular formula is C42H52N7O7P. The van der Waals surface area contributed by atoms with E-state index in [2.05, 4.69) is 65.9 Å². The fourth-order valence-electron chi connectivity index (χ4n) is 7.21. The second kappa shape index (κ2) is 19.0. The number of fused-ring (bicyclic) bond motifs is 1. The Hall–Kier alpha value is -4.87. The predicted molar refractivity (Wildman–Crippen MR) is 219 cm³/mol. The smallest absolute Gasteiger partial charge is 0.280 e. The standard InChI is InChI=1S/C42H52N7O7P/c1-8-44-41-46-39-38(40(50)47-41)45-27-48(39)37-25-35(56-57(54-24-12-23-43)49(28(2)3)29(4)5)36(55-37)26-53-42(30-13-10-9-11-14-30,31-15-19-33(51-6)20-16-31)32-17-21-34(52-7)22-18-32/h9-11,13-22,27-29,35-37H,8,12,24-26H2,1-7H3,(H2,44,46,47,50)/t35-,36+,37+,57?/m0/s1. The van der Waals surface area contributed by atoms with Crippen molar-refractivity contribution >= 4 is 25.6 Å². The lowest BCUT2D eigenvalue weighted by atomic mass is 9.80. The number of nitrogens with one attached hydrogen (secondary N) is 2. The first-order valence-electron chi connectivity index (χ1n) is 19.2. The van der Waals surface area contributed by atoms with Gasteiger partial charge < -0.3 is 33.3 Å². The molecule has 1 aliphatic heterocycles. The number of ether oxygens (including phenoxy) is 4. The monoisotopic (exact) mass is 797 g/mol. The van der Waals surface area contributed by atoms with E-state index in [1.165, 1.54) is 0 Å². The van der Waals surface area contributed by atoms with Crippen LogP contribution in [0.4, 0.5) is 5.95 Å². The van der Waals surface area contributed by atoms with Gasteiger partial charge in [0.05, 0.1) is 52.4 Å². The van der Waals surface area contributed by atoms with E-state index in [1.807, 2.05) is 73.7 Å². The number of anilines is 1. The quantitative estimate of drug-likeness (QED) is 0.0482. The van der Waals surface area contributed by atoms with Gasteiger partial charge in [-0.1, -0.05) is 54.6 Å². The summed E-state index contributed by atoms with van der Waals surface area (Å²) in [5, 5.41) is 12.5. The van der Waals surface area contributed by atoms with Crippen molar-refractivity contribution in [1.82, 2.24) is 24.2 Å². The molecule has 1 aliphatic rings. The van der Waals surface area contributed by atoms with E-state index >= 15 is 0 Å². The zero-order valence-electron chi connectivity index (χ0n) is 33.5. The molecule has 0 radical (unpaired) electrons. The zero-order chi connectivity index (χ0) is 40.5. The number of hydrogen-bond donors (Lipinski definition) is 2. The van der Waals surface area contributed by atoms with Crippen LogP contribution in [0.3, 0.4) is 0 Å². The van der Waals surface area contributed by atoms with Crippen LogP contribution in [-0.2, 0) is 24.1 Å². The van der Waals surface area contributed by atoms with Gasteiger partial charge in [0, 0.05) is 25.0 Å². The molecule has 0 bridgehead atoms. The van der Waals surface area contributed by atoms with Crippen LogP contribution in [0.2, 0.25) is 0 Å². The number of hydrogen-bond acceptors (Lipinski definition) is 12. The van der Waals surface area contributed by atoms with Crippen LogP contribution in [0, 0.1) is 11.3 Å². The third-order valence-electron chi connectivity index (χ3n) is 9.79. The fraction of sp³-hybridized carbons (Fsp3) is 0.429. The second-order valence-corrected chi connectivity index (χ2v) is 15.5. The summed E-state index contributed by atoms with van der Waals surface area (Å²) in [7, 11) is 1.64. The maximum Gasteiger partial charge on any atom is 0.280 e. The van der Waals surface area contributed by atoms with Gasteiger partial charge in [0.25, 0.3) is 14.1 Å². The van der Waals surface area contributed by atoms with Crippen molar-refractivity contribution in [3.8, 4) is 17.6 Å². The summed E-state index contributed by atoms with van der Waals surface area (Å²) < 4.78 is 42.7. The maximum absolute atomic E-state index is 13.0. The first-order valence-corrected chi connectivity index (χ1v) is 20.4. The Morgan fingerprint density at radius 3 is 2.16 bits per heavy atom. The lowest BCUT2D eigenvalue weighted by Crippen LogP contribution is -2.39. The van der Waals surface area contributed by atoms with Crippen molar-refractivity contribution in [3.63, 3.8) is 0 Å². The minimum Gasteiger partial charge on any atom is -0.497 e. The van der Waals surface area contributed by atoms with E-state index in [-0.39, 0.29) is 42.8 Å². The number of benzene rings is 3. The normalized spacial score (nSPS) is 17.7. The summed E-state index contributed by atoms with van der Waals surface area (Å²) in [4.78, 5) is 24.9. The van der Waals surface area contributed by atoms with Crippen LogP contribution in [0.1, 0.15) is 70.4 Å². The van der Waals surface area contributed by atoms with Crippen LogP contribution >= 0.6 is 8.53 Å². The van der Waals surface area contributed by atoms with E-state index in [4.69, 9.17) is 33.0 Å². The van der Waals surface area contributed by atoms with Crippen molar-refractivity contribution in [1.29, 1.82) is 5.26 Å². The molecule has 1 unspecified atom stereocenters. The third-order valence-corrected chi connectivity index (χ3v) is 11.9. The van der Waals surface area contributed by atoms with E-state index in [9.17, 15) is 10.1 Å². The number of H-pyrrole nitrogens is 1. The van der Waals surface area contributed by atoms with Crippen molar-refractivity contribution in [2.24, 2.45) is 0 Å². The molecule has 3 aromatic carbocycles. The van der Waals surface area contributed by atoms with Crippen molar-refractivity contribution in [2.75, 3.05) is 39.3 Å². The Morgan fingerprint density at radius 2 is 1.60 bits per heavy atom. The summed E-state index contributed by atoms with van der Waals surface area (Å²) in [5.74, 6) is 1.77. The number of methoxy groups -OCH3 is 2. The molecule has 0 aliphatic carbocycles. The third kappa shape index (κ3) is 9.15. The molecule has 2 aromatic heterocycles. The zero-order valence-corrected chi connectivity index (χ0v) is 34.4. The van der Waals surface area contributed by atoms with Gasteiger partial charge in [0.2, 0.25) is 5.95 Å². The summed E-state index contributed by atoms with van der Waals surface area (Å²) in [5.41, 5.74) is 1.77. The molecule has 0 saturated carbocycles. The highest BCUT2D eigenvalue weighted by molar-refractivity contribution is 7.44. The van der Waals surface area contributed by atoms with Gasteiger partial charge in [0.15, 0.2) is 11.2 Å². The molecule has 6 rings (SSSR count).